The average Bonchev–Trinajstić information content (AvgIpc) is 3.09. The van der Waals surface area contributed by atoms with Gasteiger partial charge in [0.05, 0.1) is 0 Å². The fourth-order valence-electron chi connectivity index (χ4n) is 3.82. The van der Waals surface area contributed by atoms with Crippen LogP contribution < -0.4 is 5.32 Å². The molecule has 2 heterocycles. The summed E-state index contributed by atoms with van der Waals surface area (Å²) in [6.45, 7) is 2.59. The normalized spacial score (nSPS) is 12.1. The Morgan fingerprint density at radius 1 is 1.03 bits per heavy atom. The molecule has 0 radical (unpaired) electrons. The third kappa shape index (κ3) is 4.21. The summed E-state index contributed by atoms with van der Waals surface area (Å²) in [6.07, 6.45) is 6.05. The molecule has 1 unspecified atom stereocenters. The van der Waals surface area contributed by atoms with Crippen LogP contribution in [0.1, 0.15) is 34.6 Å². The zero-order valence-electron chi connectivity index (χ0n) is 16.8. The van der Waals surface area contributed by atoms with E-state index in [1.807, 2.05) is 12.1 Å². The smallest absolute Gasteiger partial charge is 0.221 e. The number of carbonyl (C=O) groups is 1. The lowest BCUT2D eigenvalue weighted by Crippen LogP contribution is -2.25. The molecule has 0 aliphatic heterocycles. The molecule has 146 valence electrons. The van der Waals surface area contributed by atoms with Gasteiger partial charge >= 0.3 is 0 Å². The summed E-state index contributed by atoms with van der Waals surface area (Å²) in [5, 5.41) is 4.26. The number of pyridine rings is 1. The molecule has 4 heteroatoms. The zero-order chi connectivity index (χ0) is 20.2. The molecule has 1 amide bonds. The monoisotopic (exact) mass is 383 g/mol. The minimum Gasteiger partial charge on any atom is -0.352 e. The van der Waals surface area contributed by atoms with Gasteiger partial charge in [-0.3, -0.25) is 9.78 Å². The van der Waals surface area contributed by atoms with E-state index in [1.165, 1.54) is 22.0 Å². The molecule has 0 aliphatic rings. The van der Waals surface area contributed by atoms with Crippen molar-refractivity contribution in [3.8, 4) is 0 Å². The number of fused-ring (bicyclic) bond motifs is 1. The minimum absolute atomic E-state index is 0.000796. The summed E-state index contributed by atoms with van der Waals surface area (Å²) in [6, 6.07) is 20.7. The quantitative estimate of drug-likeness (QED) is 0.524. The fraction of sp³-hybridized carbons (Fsp3) is 0.200. The molecule has 2 aromatic carbocycles. The summed E-state index contributed by atoms with van der Waals surface area (Å²) in [5.74, 6) is 0.0412. The first kappa shape index (κ1) is 18.9. The number of para-hydroxylation sites is 1. The molecule has 1 N–H and O–H groups in total. The molecule has 0 saturated carbocycles. The van der Waals surface area contributed by atoms with E-state index in [-0.39, 0.29) is 11.8 Å². The molecule has 0 spiro atoms. The highest BCUT2D eigenvalue weighted by atomic mass is 16.1. The molecule has 1 atom stereocenters. The molecule has 2 aromatic heterocycles. The predicted octanol–water partition coefficient (Wildman–Crippen LogP) is 4.72. The van der Waals surface area contributed by atoms with E-state index in [1.54, 1.807) is 12.4 Å². The van der Waals surface area contributed by atoms with Gasteiger partial charge in [0.1, 0.15) is 0 Å². The van der Waals surface area contributed by atoms with Crippen LogP contribution in [0.4, 0.5) is 0 Å². The van der Waals surface area contributed by atoms with Gasteiger partial charge in [0.15, 0.2) is 0 Å². The molecular weight excluding hydrogens is 358 g/mol. The fourth-order valence-corrected chi connectivity index (χ4v) is 3.82. The van der Waals surface area contributed by atoms with Crippen molar-refractivity contribution in [2.45, 2.75) is 25.8 Å². The van der Waals surface area contributed by atoms with Crippen LogP contribution in [0.25, 0.3) is 10.9 Å². The van der Waals surface area contributed by atoms with Gasteiger partial charge in [-0.15, -0.1) is 0 Å². The zero-order valence-corrected chi connectivity index (χ0v) is 16.8. The van der Waals surface area contributed by atoms with Crippen molar-refractivity contribution in [3.63, 3.8) is 0 Å². The van der Waals surface area contributed by atoms with Gasteiger partial charge in [-0.25, -0.2) is 0 Å². The van der Waals surface area contributed by atoms with E-state index in [2.05, 4.69) is 83.6 Å². The number of rotatable bonds is 6. The van der Waals surface area contributed by atoms with Crippen molar-refractivity contribution in [1.29, 1.82) is 0 Å². The van der Waals surface area contributed by atoms with Gasteiger partial charge in [-0.05, 0) is 41.8 Å². The largest absolute Gasteiger partial charge is 0.352 e. The first-order chi connectivity index (χ1) is 14.1. The molecule has 29 heavy (non-hydrogen) atoms. The number of aromatic nitrogens is 2. The summed E-state index contributed by atoms with van der Waals surface area (Å²) in [4.78, 5) is 16.9. The lowest BCUT2D eigenvalue weighted by atomic mass is 9.87. The Labute approximate surface area is 171 Å². The van der Waals surface area contributed by atoms with Crippen molar-refractivity contribution >= 4 is 16.8 Å². The van der Waals surface area contributed by atoms with Crippen LogP contribution in [-0.4, -0.2) is 15.5 Å². The van der Waals surface area contributed by atoms with Gasteiger partial charge in [0.2, 0.25) is 5.91 Å². The maximum absolute atomic E-state index is 12.8. The second kappa shape index (κ2) is 8.31. The maximum Gasteiger partial charge on any atom is 0.221 e. The average molecular weight is 383 g/mol. The van der Waals surface area contributed by atoms with E-state index in [9.17, 15) is 4.79 Å². The second-order valence-corrected chi connectivity index (χ2v) is 7.51. The van der Waals surface area contributed by atoms with Crippen molar-refractivity contribution in [3.05, 3.63) is 102 Å². The van der Waals surface area contributed by atoms with Crippen molar-refractivity contribution in [1.82, 2.24) is 14.9 Å². The van der Waals surface area contributed by atoms with E-state index < -0.39 is 0 Å². The van der Waals surface area contributed by atoms with Crippen molar-refractivity contribution in [2.24, 2.45) is 7.05 Å². The molecule has 4 rings (SSSR count). The van der Waals surface area contributed by atoms with Crippen LogP contribution in [0, 0.1) is 6.92 Å². The number of nitrogens with one attached hydrogen (secondary N) is 1. The molecule has 0 saturated heterocycles. The summed E-state index contributed by atoms with van der Waals surface area (Å²) >= 11 is 0. The molecule has 0 fully saturated rings. The number of aryl methyl sites for hydroxylation is 2. The Kier molecular flexibility index (Phi) is 5.43. The number of carbonyl (C=O) groups excluding carboxylic acids is 1. The van der Waals surface area contributed by atoms with E-state index in [0.29, 0.717) is 13.0 Å². The van der Waals surface area contributed by atoms with Crippen LogP contribution >= 0.6 is 0 Å². The first-order valence-electron chi connectivity index (χ1n) is 9.88. The first-order valence-corrected chi connectivity index (χ1v) is 9.88. The molecule has 4 aromatic rings. The third-order valence-corrected chi connectivity index (χ3v) is 5.41. The Morgan fingerprint density at radius 2 is 1.76 bits per heavy atom. The Bertz CT molecular complexity index is 1110. The summed E-state index contributed by atoms with van der Waals surface area (Å²) in [5.41, 5.74) is 5.78. The molecule has 4 nitrogen and oxygen atoms in total. The summed E-state index contributed by atoms with van der Waals surface area (Å²) < 4.78 is 2.14. The van der Waals surface area contributed by atoms with Crippen molar-refractivity contribution in [2.75, 3.05) is 0 Å². The SMILES string of the molecule is Cc1ccc(C(CC(=O)NCc2ccncc2)c2cn(C)c3ccccc23)cc1. The van der Waals surface area contributed by atoms with Crippen LogP contribution in [0.3, 0.4) is 0 Å². The van der Waals surface area contributed by atoms with Crippen molar-refractivity contribution < 1.29 is 4.79 Å². The Morgan fingerprint density at radius 3 is 2.52 bits per heavy atom. The van der Waals surface area contributed by atoms with E-state index in [0.717, 1.165) is 11.1 Å². The van der Waals surface area contributed by atoms with Gasteiger partial charge in [0, 0.05) is 55.4 Å². The van der Waals surface area contributed by atoms with E-state index >= 15 is 0 Å². The lowest BCUT2D eigenvalue weighted by Gasteiger charge is -2.18. The highest BCUT2D eigenvalue weighted by Gasteiger charge is 2.22. The second-order valence-electron chi connectivity index (χ2n) is 7.51. The summed E-state index contributed by atoms with van der Waals surface area (Å²) in [7, 11) is 2.06. The van der Waals surface area contributed by atoms with Gasteiger partial charge in [-0.1, -0.05) is 48.0 Å². The van der Waals surface area contributed by atoms with Gasteiger partial charge in [-0.2, -0.15) is 0 Å². The highest BCUT2D eigenvalue weighted by Crippen LogP contribution is 2.34. The maximum atomic E-state index is 12.8. The number of benzene rings is 2. The minimum atomic E-state index is -0.000796. The molecule has 0 aliphatic carbocycles. The number of hydrogen-bond acceptors (Lipinski definition) is 2. The number of amides is 1. The van der Waals surface area contributed by atoms with Crippen LogP contribution in [-0.2, 0) is 18.4 Å². The van der Waals surface area contributed by atoms with Gasteiger partial charge in [0.25, 0.3) is 0 Å². The van der Waals surface area contributed by atoms with Crippen LogP contribution in [0.15, 0.2) is 79.3 Å². The Hall–Kier alpha value is -3.40. The lowest BCUT2D eigenvalue weighted by molar-refractivity contribution is -0.121. The van der Waals surface area contributed by atoms with Crippen LogP contribution in [0.5, 0.6) is 0 Å². The predicted molar refractivity (Wildman–Crippen MR) is 117 cm³/mol. The molecule has 0 bridgehead atoms. The Balaban J connectivity index is 1.63. The number of nitrogens with zero attached hydrogens (tertiary/aromatic N) is 2. The molecular formula is C25H25N3O. The topological polar surface area (TPSA) is 46.9 Å². The third-order valence-electron chi connectivity index (χ3n) is 5.41. The highest BCUT2D eigenvalue weighted by molar-refractivity contribution is 5.86. The van der Waals surface area contributed by atoms with Gasteiger partial charge < -0.3 is 9.88 Å². The number of hydrogen-bond donors (Lipinski definition) is 1. The van der Waals surface area contributed by atoms with Crippen LogP contribution in [0.2, 0.25) is 0 Å². The van der Waals surface area contributed by atoms with E-state index in [4.69, 9.17) is 0 Å². The standard InChI is InChI=1S/C25H25N3O/c1-18-7-9-20(10-8-18)22(15-25(29)27-16-19-11-13-26-14-12-19)23-17-28(2)24-6-4-3-5-21(23)24/h3-14,17,22H,15-16H2,1-2H3,(H,27,29).